The minimum absolute atomic E-state index is 0.240. The Balaban J connectivity index is 2.21. The van der Waals surface area contributed by atoms with Crippen LogP contribution < -0.4 is 0 Å². The molecule has 0 saturated heterocycles. The van der Waals surface area contributed by atoms with E-state index in [9.17, 15) is 25.0 Å². The summed E-state index contributed by atoms with van der Waals surface area (Å²) < 4.78 is 15.2. The average Bonchev–Trinajstić information content (AvgIpc) is 2.96. The molecule has 0 spiro atoms. The van der Waals surface area contributed by atoms with Crippen LogP contribution in [0.5, 0.6) is 0 Å². The number of fused-ring (bicyclic) bond motifs is 1. The molecule has 6 atom stereocenters. The van der Waals surface area contributed by atoms with E-state index in [0.717, 1.165) is 0 Å². The van der Waals surface area contributed by atoms with Crippen molar-refractivity contribution in [3.8, 4) is 0 Å². The van der Waals surface area contributed by atoms with Gasteiger partial charge >= 0.3 is 7.82 Å². The normalized spacial score (nSPS) is 49.9. The van der Waals surface area contributed by atoms with Gasteiger partial charge in [0.15, 0.2) is 0 Å². The smallest absolute Gasteiger partial charge is 0.396 e. The highest BCUT2D eigenvalue weighted by Gasteiger charge is 2.70. The second kappa shape index (κ2) is 3.97. The van der Waals surface area contributed by atoms with Crippen molar-refractivity contribution < 1.29 is 39.3 Å². The fraction of sp³-hybridized carbons (Fsp3) is 1.00. The van der Waals surface area contributed by atoms with E-state index in [4.69, 9.17) is 9.79 Å². The molecule has 6 N–H and O–H groups in total. The number of hydrogen-bond donors (Lipinski definition) is 6. The number of hydrogen-bond acceptors (Lipinski definition) is 6. The minimum atomic E-state index is -4.80. The molecule has 8 nitrogen and oxygen atoms in total. The topological polar surface area (TPSA) is 148 Å². The molecule has 0 aliphatic heterocycles. The molecule has 2 aliphatic rings. The summed E-state index contributed by atoms with van der Waals surface area (Å²) in [7, 11) is -4.80. The van der Waals surface area contributed by atoms with E-state index in [2.05, 4.69) is 4.52 Å². The monoisotopic (exact) mass is 270 g/mol. The lowest BCUT2D eigenvalue weighted by Crippen LogP contribution is -2.56. The van der Waals surface area contributed by atoms with Crippen molar-refractivity contribution in [2.45, 2.75) is 30.8 Å². The third-order valence-electron chi connectivity index (χ3n) is 3.73. The standard InChI is InChI=1S/C8H15O8P/c9-2-8-1-3(8)6(16-17(13,14)15)4(10)5(11)7(8)12/h3-7,9-12H,1-2H2,(H2,13,14,15)/t3-,4-,5-,6+,7+,8+/m1/s1. The van der Waals surface area contributed by atoms with Crippen LogP contribution in [0.3, 0.4) is 0 Å². The first-order valence-electron chi connectivity index (χ1n) is 5.12. The quantitative estimate of drug-likeness (QED) is 0.310. The molecule has 0 heterocycles. The third-order valence-corrected chi connectivity index (χ3v) is 4.25. The Bertz CT molecular complexity index is 355. The molecule has 0 amide bonds. The lowest BCUT2D eigenvalue weighted by atomic mass is 9.81. The fourth-order valence-electron chi connectivity index (χ4n) is 2.66. The Morgan fingerprint density at radius 2 is 1.82 bits per heavy atom. The highest BCUT2D eigenvalue weighted by Crippen LogP contribution is 2.63. The zero-order valence-electron chi connectivity index (χ0n) is 8.75. The van der Waals surface area contributed by atoms with Gasteiger partial charge in [-0.25, -0.2) is 4.57 Å². The summed E-state index contributed by atoms with van der Waals surface area (Å²) in [5.41, 5.74) is -1.03. The summed E-state index contributed by atoms with van der Waals surface area (Å²) in [5, 5.41) is 38.1. The Hall–Kier alpha value is -0.0500. The minimum Gasteiger partial charge on any atom is -0.396 e. The molecule has 2 fully saturated rings. The van der Waals surface area contributed by atoms with E-state index < -0.39 is 50.2 Å². The number of phosphoric ester groups is 1. The highest BCUT2D eigenvalue weighted by atomic mass is 31.2. The molecule has 2 saturated carbocycles. The van der Waals surface area contributed by atoms with Crippen molar-refractivity contribution in [1.29, 1.82) is 0 Å². The lowest BCUT2D eigenvalue weighted by molar-refractivity contribution is -0.164. The molecule has 0 aromatic rings. The average molecular weight is 270 g/mol. The van der Waals surface area contributed by atoms with Gasteiger partial charge in [0, 0.05) is 5.41 Å². The summed E-state index contributed by atoms with van der Waals surface area (Å²) in [4.78, 5) is 17.4. The van der Waals surface area contributed by atoms with Gasteiger partial charge in [0.25, 0.3) is 0 Å². The molecular weight excluding hydrogens is 255 g/mol. The van der Waals surface area contributed by atoms with Gasteiger partial charge in [-0.2, -0.15) is 0 Å². The van der Waals surface area contributed by atoms with Gasteiger partial charge in [0.1, 0.15) is 18.3 Å². The molecule has 0 bridgehead atoms. The second-order valence-electron chi connectivity index (χ2n) is 4.69. The SMILES string of the molecule is O=P(O)(O)O[C@@H]1[C@H](O)[C@@H](O)[C@H](O)[C@]2(CO)C[C@H]12. The molecular formula is C8H15O8P. The Morgan fingerprint density at radius 3 is 2.29 bits per heavy atom. The van der Waals surface area contributed by atoms with Crippen LogP contribution in [0.2, 0.25) is 0 Å². The molecule has 0 unspecified atom stereocenters. The van der Waals surface area contributed by atoms with Gasteiger partial charge in [-0.15, -0.1) is 0 Å². The molecule has 100 valence electrons. The molecule has 0 aromatic carbocycles. The Kier molecular flexibility index (Phi) is 3.13. The van der Waals surface area contributed by atoms with Crippen molar-refractivity contribution >= 4 is 7.82 Å². The van der Waals surface area contributed by atoms with E-state index in [0.29, 0.717) is 0 Å². The Labute approximate surface area is 96.7 Å². The maximum atomic E-state index is 10.7. The summed E-state index contributed by atoms with van der Waals surface area (Å²) >= 11 is 0. The van der Waals surface area contributed by atoms with Gasteiger partial charge in [0.2, 0.25) is 0 Å². The number of aliphatic hydroxyl groups excluding tert-OH is 4. The van der Waals surface area contributed by atoms with Gasteiger partial charge in [-0.1, -0.05) is 0 Å². The van der Waals surface area contributed by atoms with E-state index in [1.54, 1.807) is 0 Å². The number of aliphatic hydroxyl groups is 4. The molecule has 0 radical (unpaired) electrons. The highest BCUT2D eigenvalue weighted by molar-refractivity contribution is 7.46. The van der Waals surface area contributed by atoms with Crippen molar-refractivity contribution in [3.63, 3.8) is 0 Å². The summed E-state index contributed by atoms with van der Waals surface area (Å²) in [5.74, 6) is -0.575. The van der Waals surface area contributed by atoms with Crippen LogP contribution in [0.25, 0.3) is 0 Å². The Morgan fingerprint density at radius 1 is 1.24 bits per heavy atom. The van der Waals surface area contributed by atoms with E-state index in [-0.39, 0.29) is 6.42 Å². The molecule has 2 rings (SSSR count). The number of rotatable bonds is 3. The van der Waals surface area contributed by atoms with E-state index in [1.165, 1.54) is 0 Å². The zero-order chi connectivity index (χ0) is 13.0. The first kappa shape index (κ1) is 13.4. The van der Waals surface area contributed by atoms with Crippen LogP contribution in [-0.2, 0) is 9.09 Å². The molecule has 0 aromatic heterocycles. The maximum absolute atomic E-state index is 10.7. The van der Waals surface area contributed by atoms with Gasteiger partial charge in [0.05, 0.1) is 12.7 Å². The molecule has 17 heavy (non-hydrogen) atoms. The van der Waals surface area contributed by atoms with Crippen LogP contribution in [0.1, 0.15) is 6.42 Å². The largest absolute Gasteiger partial charge is 0.469 e. The summed E-state index contributed by atoms with van der Waals surface area (Å²) in [6.07, 6.45) is -5.57. The second-order valence-corrected chi connectivity index (χ2v) is 5.88. The van der Waals surface area contributed by atoms with Gasteiger partial charge in [-0.05, 0) is 12.3 Å². The fourth-order valence-corrected chi connectivity index (χ4v) is 3.25. The predicted molar refractivity (Wildman–Crippen MR) is 52.6 cm³/mol. The lowest BCUT2D eigenvalue weighted by Gasteiger charge is -2.39. The van der Waals surface area contributed by atoms with Crippen molar-refractivity contribution in [3.05, 3.63) is 0 Å². The van der Waals surface area contributed by atoms with Gasteiger partial charge in [-0.3, -0.25) is 4.52 Å². The van der Waals surface area contributed by atoms with Crippen LogP contribution in [0, 0.1) is 11.3 Å². The third kappa shape index (κ3) is 2.05. The number of phosphoric acid groups is 1. The summed E-state index contributed by atoms with van der Waals surface area (Å²) in [6.45, 7) is -0.441. The van der Waals surface area contributed by atoms with E-state index in [1.807, 2.05) is 0 Å². The van der Waals surface area contributed by atoms with Crippen LogP contribution in [0.4, 0.5) is 0 Å². The zero-order valence-corrected chi connectivity index (χ0v) is 9.64. The van der Waals surface area contributed by atoms with E-state index >= 15 is 0 Å². The van der Waals surface area contributed by atoms with Crippen molar-refractivity contribution in [2.75, 3.05) is 6.61 Å². The van der Waals surface area contributed by atoms with Crippen molar-refractivity contribution in [1.82, 2.24) is 0 Å². The van der Waals surface area contributed by atoms with Gasteiger partial charge < -0.3 is 30.2 Å². The van der Waals surface area contributed by atoms with Crippen LogP contribution >= 0.6 is 7.82 Å². The van der Waals surface area contributed by atoms with Crippen molar-refractivity contribution in [2.24, 2.45) is 11.3 Å². The summed E-state index contributed by atoms with van der Waals surface area (Å²) in [6, 6.07) is 0. The maximum Gasteiger partial charge on any atom is 0.469 e. The molecule has 9 heteroatoms. The van der Waals surface area contributed by atoms with Crippen LogP contribution in [0.15, 0.2) is 0 Å². The molecule has 2 aliphatic carbocycles. The first-order valence-corrected chi connectivity index (χ1v) is 6.65. The predicted octanol–water partition coefficient (Wildman–Crippen LogP) is -2.44. The first-order chi connectivity index (χ1) is 7.73. The van der Waals surface area contributed by atoms with Crippen LogP contribution in [-0.4, -0.2) is 61.2 Å².